The molecule has 0 atom stereocenters. The Labute approximate surface area is 228 Å². The van der Waals surface area contributed by atoms with Crippen molar-refractivity contribution in [3.05, 3.63) is 53.1 Å². The molecule has 3 fully saturated rings. The molecule has 1 saturated heterocycles. The Kier molecular flexibility index (Phi) is 6.41. The zero-order valence-corrected chi connectivity index (χ0v) is 23.0. The molecule has 2 saturated carbocycles. The number of sulfonamides is 1. The normalized spacial score (nSPS) is 22.5. The minimum absolute atomic E-state index is 0.0437. The molecule has 210 valence electrons. The van der Waals surface area contributed by atoms with E-state index in [9.17, 15) is 22.0 Å². The van der Waals surface area contributed by atoms with Gasteiger partial charge in [0.15, 0.2) is 0 Å². The molecule has 2 N–H and O–H groups in total. The van der Waals surface area contributed by atoms with Crippen molar-refractivity contribution in [2.75, 3.05) is 33.8 Å². The number of hydrogen-bond donors (Lipinski definition) is 2. The van der Waals surface area contributed by atoms with Gasteiger partial charge in [-0.25, -0.2) is 17.2 Å². The average molecular weight is 560 g/mol. The predicted octanol–water partition coefficient (Wildman–Crippen LogP) is 6.02. The van der Waals surface area contributed by atoms with Crippen LogP contribution in [0, 0.1) is 5.41 Å². The number of ether oxygens (including phenoxy) is 1. The second-order valence-electron chi connectivity index (χ2n) is 11.7. The van der Waals surface area contributed by atoms with E-state index in [2.05, 4.69) is 14.9 Å². The lowest BCUT2D eigenvalue weighted by Crippen LogP contribution is -2.36. The van der Waals surface area contributed by atoms with E-state index in [1.54, 1.807) is 25.1 Å². The van der Waals surface area contributed by atoms with Crippen molar-refractivity contribution in [1.82, 2.24) is 0 Å². The lowest BCUT2D eigenvalue weighted by molar-refractivity contribution is -0.130. The highest BCUT2D eigenvalue weighted by Crippen LogP contribution is 2.54. The fraction of sp³-hybridized carbons (Fsp3) is 0.552. The number of carbonyl (C=O) groups excluding carboxylic acids is 1. The molecule has 2 aromatic rings. The minimum atomic E-state index is -3.46. The Morgan fingerprint density at radius 2 is 1.64 bits per heavy atom. The number of rotatable bonds is 6. The highest BCUT2D eigenvalue weighted by Gasteiger charge is 2.48. The van der Waals surface area contributed by atoms with E-state index < -0.39 is 21.5 Å². The molecule has 2 aliphatic carbocycles. The number of carbonyl (C=O) groups is 1. The van der Waals surface area contributed by atoms with E-state index in [4.69, 9.17) is 4.74 Å². The number of fused-ring (bicyclic) bond motifs is 2. The highest BCUT2D eigenvalue weighted by atomic mass is 32.2. The van der Waals surface area contributed by atoms with E-state index in [1.165, 1.54) is 12.8 Å². The molecule has 0 unspecified atom stereocenters. The fourth-order valence-electron chi connectivity index (χ4n) is 6.33. The van der Waals surface area contributed by atoms with E-state index in [1.807, 2.05) is 18.2 Å². The summed E-state index contributed by atoms with van der Waals surface area (Å²) in [7, 11) is -3.46. The number of benzene rings is 2. The second kappa shape index (κ2) is 9.44. The zero-order valence-electron chi connectivity index (χ0n) is 22.2. The molecular formula is C29H35F2N3O4S. The molecule has 2 aromatic carbocycles. The lowest BCUT2D eigenvalue weighted by Gasteiger charge is -2.37. The van der Waals surface area contributed by atoms with Crippen molar-refractivity contribution in [3.63, 3.8) is 0 Å². The first kappa shape index (κ1) is 26.5. The van der Waals surface area contributed by atoms with E-state index in [0.717, 1.165) is 37.1 Å². The van der Waals surface area contributed by atoms with E-state index in [-0.39, 0.29) is 37.3 Å². The number of amides is 1. The first-order chi connectivity index (χ1) is 18.5. The van der Waals surface area contributed by atoms with Gasteiger partial charge >= 0.3 is 0 Å². The number of alkyl halides is 2. The highest BCUT2D eigenvalue weighted by molar-refractivity contribution is 7.92. The molecule has 2 heterocycles. The van der Waals surface area contributed by atoms with Gasteiger partial charge < -0.3 is 15.0 Å². The maximum atomic E-state index is 13.9. The Morgan fingerprint density at radius 3 is 2.31 bits per heavy atom. The zero-order chi connectivity index (χ0) is 27.5. The van der Waals surface area contributed by atoms with Crippen molar-refractivity contribution >= 4 is 33.0 Å². The van der Waals surface area contributed by atoms with Gasteiger partial charge in [-0.3, -0.25) is 9.52 Å². The third-order valence-corrected chi connectivity index (χ3v) is 10.5. The monoisotopic (exact) mass is 559 g/mol. The van der Waals surface area contributed by atoms with Crippen molar-refractivity contribution in [3.8, 4) is 0 Å². The van der Waals surface area contributed by atoms with Crippen LogP contribution >= 0.6 is 0 Å². The van der Waals surface area contributed by atoms with Crippen molar-refractivity contribution in [1.29, 1.82) is 0 Å². The largest absolute Gasteiger partial charge is 0.371 e. The van der Waals surface area contributed by atoms with Crippen LogP contribution in [-0.2, 0) is 27.0 Å². The first-order valence-corrected chi connectivity index (χ1v) is 15.5. The molecule has 0 bridgehead atoms. The average Bonchev–Trinajstić information content (AvgIpc) is 3.58. The fourth-order valence-corrected chi connectivity index (χ4v) is 6.96. The number of halogens is 2. The molecule has 2 spiro atoms. The summed E-state index contributed by atoms with van der Waals surface area (Å²) in [6, 6.07) is 10.6. The molecule has 39 heavy (non-hydrogen) atoms. The molecule has 1 amide bonds. The number of nitrogens with one attached hydrogen (secondary N) is 2. The molecular weight excluding hydrogens is 524 g/mol. The summed E-state index contributed by atoms with van der Waals surface area (Å²) in [6.07, 6.45) is 4.71. The Bertz CT molecular complexity index is 1390. The van der Waals surface area contributed by atoms with Crippen LogP contribution in [0.4, 0.5) is 25.8 Å². The van der Waals surface area contributed by atoms with Gasteiger partial charge in [0, 0.05) is 31.6 Å². The van der Waals surface area contributed by atoms with Crippen molar-refractivity contribution in [2.45, 2.75) is 76.4 Å². The maximum Gasteiger partial charge on any atom is 0.257 e. The summed E-state index contributed by atoms with van der Waals surface area (Å²) >= 11 is 0. The van der Waals surface area contributed by atoms with Crippen LogP contribution in [0.2, 0.25) is 0 Å². The molecule has 7 nitrogen and oxygen atoms in total. The summed E-state index contributed by atoms with van der Waals surface area (Å²) in [4.78, 5) is 15.8. The molecule has 10 heteroatoms. The summed E-state index contributed by atoms with van der Waals surface area (Å²) in [5, 5.41) is 3.01. The quantitative estimate of drug-likeness (QED) is 0.452. The van der Waals surface area contributed by atoms with Gasteiger partial charge in [-0.15, -0.1) is 0 Å². The van der Waals surface area contributed by atoms with Crippen molar-refractivity contribution < 1.29 is 26.7 Å². The maximum absolute atomic E-state index is 13.9. The lowest BCUT2D eigenvalue weighted by atomic mass is 9.77. The van der Waals surface area contributed by atoms with Gasteiger partial charge in [0.05, 0.1) is 34.9 Å². The number of nitrogens with zero attached hydrogens (tertiary/aromatic N) is 1. The van der Waals surface area contributed by atoms with Crippen LogP contribution in [0.1, 0.15) is 79.8 Å². The Balaban J connectivity index is 1.26. The topological polar surface area (TPSA) is 87.7 Å². The van der Waals surface area contributed by atoms with Gasteiger partial charge in [-0.1, -0.05) is 6.07 Å². The summed E-state index contributed by atoms with van der Waals surface area (Å²) in [5.41, 5.74) is 3.75. The number of hydrogen-bond acceptors (Lipinski definition) is 5. The number of piperidine rings is 1. The van der Waals surface area contributed by atoms with Crippen LogP contribution in [-0.4, -0.2) is 39.1 Å². The van der Waals surface area contributed by atoms with Gasteiger partial charge in [0.25, 0.3) is 5.91 Å². The van der Waals surface area contributed by atoms with Gasteiger partial charge in [0.2, 0.25) is 15.9 Å². The molecule has 4 aliphatic rings. The molecule has 2 aliphatic heterocycles. The summed E-state index contributed by atoms with van der Waals surface area (Å²) in [6.45, 7) is 3.58. The minimum Gasteiger partial charge on any atom is -0.371 e. The van der Waals surface area contributed by atoms with Crippen LogP contribution in [0.25, 0.3) is 0 Å². The summed E-state index contributed by atoms with van der Waals surface area (Å²) < 4.78 is 60.8. The van der Waals surface area contributed by atoms with Crippen LogP contribution in [0.5, 0.6) is 0 Å². The van der Waals surface area contributed by atoms with Crippen LogP contribution in [0.3, 0.4) is 0 Å². The molecule has 6 rings (SSSR count). The standard InChI is InChI=1S/C29H35F2N3O4S/c1-2-39(36,37)33-22-5-6-23(25(18-22)34-15-13-27(7-8-27)14-16-34)26(35)32-21-4-3-20-19-38-28(24(20)17-21)9-11-29(30,31)12-10-28/h3-6,17-18,33H,2,7-16,19H2,1H3,(H,32,35). The summed E-state index contributed by atoms with van der Waals surface area (Å²) in [5.74, 6) is -3.01. The van der Waals surface area contributed by atoms with Gasteiger partial charge in [-0.2, -0.15) is 0 Å². The predicted molar refractivity (Wildman–Crippen MR) is 147 cm³/mol. The third kappa shape index (κ3) is 5.25. The smallest absolute Gasteiger partial charge is 0.257 e. The van der Waals surface area contributed by atoms with E-state index in [0.29, 0.717) is 34.6 Å². The molecule has 0 aromatic heterocycles. The number of anilines is 3. The first-order valence-electron chi connectivity index (χ1n) is 13.9. The Hall–Kier alpha value is -2.72. The SMILES string of the molecule is CCS(=O)(=O)Nc1ccc(C(=O)Nc2ccc3c(c2)C2(CCC(F)(F)CC2)OC3)c(N2CCC3(CC2)CC3)c1. The van der Waals surface area contributed by atoms with E-state index >= 15 is 0 Å². The third-order valence-electron chi connectivity index (χ3n) is 9.17. The van der Waals surface area contributed by atoms with Crippen LogP contribution < -0.4 is 14.9 Å². The van der Waals surface area contributed by atoms with Gasteiger partial charge in [-0.05, 0) is 92.3 Å². The Morgan fingerprint density at radius 1 is 0.949 bits per heavy atom. The molecule has 0 radical (unpaired) electrons. The van der Waals surface area contributed by atoms with Crippen LogP contribution in [0.15, 0.2) is 36.4 Å². The van der Waals surface area contributed by atoms with Gasteiger partial charge in [0.1, 0.15) is 0 Å². The van der Waals surface area contributed by atoms with Crippen molar-refractivity contribution in [2.24, 2.45) is 5.41 Å². The second-order valence-corrected chi connectivity index (χ2v) is 13.7.